The van der Waals surface area contributed by atoms with Gasteiger partial charge in [-0.15, -0.1) is 11.6 Å². The molecule has 9 nitrogen and oxygen atoms in total. The molecule has 0 aliphatic heterocycles. The smallest absolute Gasteiger partial charge is 0.219 e. The molecular formula is C31H41ClN6O3S. The summed E-state index contributed by atoms with van der Waals surface area (Å²) >= 11 is 5.81. The summed E-state index contributed by atoms with van der Waals surface area (Å²) in [5, 5.41) is 19.0. The summed E-state index contributed by atoms with van der Waals surface area (Å²) < 4.78 is 23.8. The summed E-state index contributed by atoms with van der Waals surface area (Å²) in [5.74, 6) is 2.56. The molecule has 2 aromatic heterocycles. The van der Waals surface area contributed by atoms with Crippen LogP contribution in [0.15, 0.2) is 78.4 Å². The van der Waals surface area contributed by atoms with Crippen LogP contribution in [0.2, 0.25) is 0 Å². The normalized spacial score (nSPS) is 18.1. The molecule has 11 heteroatoms. The standard InChI is InChI=1S/C31H41ClN6O3S/c1-19-10-7-8-11-28(19)41-29-15-22(4)27(18-34-29)38-31(33)24(17-35-38)30(39)23(5)36-25-16-26(21(3)14-20(25)2)37-42(6,40)13-9-12-32/h7-8,10-11,14-18,20,25,30,36,39,42H,5,9,12-13,33H2,1-4,6H3,(H,37,40). The molecule has 3 unspecified atom stereocenters. The SMILES string of the molecule is C=C(NC1C=C(N[SH](C)(=O)CCCCl)C(C)=CC1C)C(O)c1cnn(-c2cnc(Oc3ccccc3C)cc2C)c1N. The number of para-hydroxylation sites is 1. The Morgan fingerprint density at radius 1 is 1.24 bits per heavy atom. The Hall–Kier alpha value is -3.60. The number of allylic oxidation sites excluding steroid dienone is 1. The second kappa shape index (κ2) is 13.1. The van der Waals surface area contributed by atoms with Crippen LogP contribution >= 0.6 is 11.6 Å². The lowest BCUT2D eigenvalue weighted by Gasteiger charge is -2.32. The Balaban J connectivity index is 1.48. The summed E-state index contributed by atoms with van der Waals surface area (Å²) in [4.78, 5) is 4.45. The number of alkyl halides is 1. The predicted octanol–water partition coefficient (Wildman–Crippen LogP) is 5.02. The molecule has 0 spiro atoms. The van der Waals surface area contributed by atoms with Gasteiger partial charge in [-0.2, -0.15) is 5.10 Å². The number of halogens is 1. The fraction of sp³-hybridized carbons (Fsp3) is 0.355. The van der Waals surface area contributed by atoms with Crippen molar-refractivity contribution >= 4 is 27.5 Å². The molecule has 0 saturated heterocycles. The van der Waals surface area contributed by atoms with Crippen LogP contribution in [-0.2, 0) is 10.1 Å². The third-order valence-electron chi connectivity index (χ3n) is 7.33. The van der Waals surface area contributed by atoms with Gasteiger partial charge < -0.3 is 25.6 Å². The van der Waals surface area contributed by atoms with Crippen molar-refractivity contribution in [2.45, 2.75) is 46.3 Å². The number of hydrogen-bond donors (Lipinski definition) is 5. The minimum absolute atomic E-state index is 0.104. The number of rotatable bonds is 12. The number of nitrogens with zero attached hydrogens (tertiary/aromatic N) is 3. The summed E-state index contributed by atoms with van der Waals surface area (Å²) in [6.07, 6.45) is 8.58. The first-order chi connectivity index (χ1) is 19.9. The Morgan fingerprint density at radius 3 is 2.67 bits per heavy atom. The number of aliphatic hydroxyl groups is 1. The van der Waals surface area contributed by atoms with Crippen molar-refractivity contribution < 1.29 is 14.1 Å². The Kier molecular flexibility index (Phi) is 9.81. The lowest BCUT2D eigenvalue weighted by atomic mass is 9.91. The Bertz CT molecular complexity index is 1570. The number of thiol groups is 1. The lowest BCUT2D eigenvalue weighted by molar-refractivity contribution is 0.204. The maximum Gasteiger partial charge on any atom is 0.219 e. The Labute approximate surface area is 254 Å². The predicted molar refractivity (Wildman–Crippen MR) is 173 cm³/mol. The molecule has 1 aromatic carbocycles. The maximum absolute atomic E-state index is 13.0. The maximum atomic E-state index is 13.0. The van der Waals surface area contributed by atoms with E-state index >= 15 is 0 Å². The third-order valence-corrected chi connectivity index (χ3v) is 9.48. The van der Waals surface area contributed by atoms with E-state index in [0.29, 0.717) is 40.9 Å². The summed E-state index contributed by atoms with van der Waals surface area (Å²) in [5.41, 5.74) is 11.6. The molecule has 0 fully saturated rings. The molecule has 0 saturated carbocycles. The van der Waals surface area contributed by atoms with Crippen LogP contribution in [-0.4, -0.2) is 48.0 Å². The number of nitrogens with one attached hydrogen (secondary N) is 2. The van der Waals surface area contributed by atoms with E-state index in [2.05, 4.69) is 39.7 Å². The molecule has 0 amide bonds. The molecule has 3 aromatic rings. The number of pyridine rings is 1. The number of aromatic nitrogens is 3. The highest BCUT2D eigenvalue weighted by atomic mass is 35.5. The zero-order valence-electron chi connectivity index (χ0n) is 24.8. The number of nitrogen functional groups attached to an aromatic ring is 1. The quantitative estimate of drug-likeness (QED) is 0.143. The van der Waals surface area contributed by atoms with Crippen molar-refractivity contribution in [2.24, 2.45) is 5.92 Å². The number of hydrogen-bond acceptors (Lipinski definition) is 7. The van der Waals surface area contributed by atoms with Gasteiger partial charge in [-0.1, -0.05) is 37.8 Å². The molecule has 0 bridgehead atoms. The van der Waals surface area contributed by atoms with E-state index in [1.165, 1.54) is 6.20 Å². The van der Waals surface area contributed by atoms with Crippen LogP contribution in [0, 0.1) is 19.8 Å². The van der Waals surface area contributed by atoms with Gasteiger partial charge in [-0.05, 0) is 72.1 Å². The van der Waals surface area contributed by atoms with E-state index in [4.69, 9.17) is 22.1 Å². The first kappa shape index (κ1) is 31.3. The number of aryl methyl sites for hydroxylation is 2. The van der Waals surface area contributed by atoms with Gasteiger partial charge in [-0.25, -0.2) is 9.67 Å². The fourth-order valence-electron chi connectivity index (χ4n) is 4.86. The van der Waals surface area contributed by atoms with Crippen molar-refractivity contribution in [3.8, 4) is 17.3 Å². The molecule has 2 heterocycles. The molecule has 5 N–H and O–H groups in total. The number of anilines is 1. The van der Waals surface area contributed by atoms with Gasteiger partial charge in [0.1, 0.15) is 17.7 Å². The van der Waals surface area contributed by atoms with Crippen molar-refractivity contribution in [3.63, 3.8) is 0 Å². The van der Waals surface area contributed by atoms with Gasteiger partial charge in [-0.3, -0.25) is 4.21 Å². The number of nitrogens with two attached hydrogens (primary N) is 1. The molecular weight excluding hydrogens is 572 g/mol. The molecule has 1 aliphatic rings. The number of benzene rings is 1. The highest BCUT2D eigenvalue weighted by Crippen LogP contribution is 2.31. The van der Waals surface area contributed by atoms with Crippen LogP contribution in [0.4, 0.5) is 5.82 Å². The van der Waals surface area contributed by atoms with Crippen molar-refractivity contribution in [1.82, 2.24) is 24.8 Å². The second-order valence-electron chi connectivity index (χ2n) is 10.9. The fourth-order valence-corrected chi connectivity index (χ4v) is 6.81. The minimum Gasteiger partial charge on any atom is -0.439 e. The first-order valence-corrected chi connectivity index (χ1v) is 16.8. The lowest BCUT2D eigenvalue weighted by Crippen LogP contribution is -2.39. The largest absolute Gasteiger partial charge is 0.439 e. The van der Waals surface area contributed by atoms with E-state index in [9.17, 15) is 9.32 Å². The van der Waals surface area contributed by atoms with E-state index in [1.807, 2.05) is 57.2 Å². The molecule has 226 valence electrons. The van der Waals surface area contributed by atoms with Gasteiger partial charge in [0.15, 0.2) is 0 Å². The van der Waals surface area contributed by atoms with Crippen molar-refractivity contribution in [2.75, 3.05) is 23.6 Å². The number of ether oxygens (including phenoxy) is 1. The third kappa shape index (κ3) is 7.24. The summed E-state index contributed by atoms with van der Waals surface area (Å²) in [7, 11) is -2.61. The van der Waals surface area contributed by atoms with E-state index in [-0.39, 0.29) is 17.8 Å². The minimum atomic E-state index is -2.61. The molecule has 4 rings (SSSR count). The van der Waals surface area contributed by atoms with Crippen molar-refractivity contribution in [3.05, 3.63) is 95.1 Å². The van der Waals surface area contributed by atoms with Crippen LogP contribution < -0.4 is 20.5 Å². The van der Waals surface area contributed by atoms with Crippen LogP contribution in [0.3, 0.4) is 0 Å². The average Bonchev–Trinajstić information content (AvgIpc) is 3.31. The monoisotopic (exact) mass is 612 g/mol. The van der Waals surface area contributed by atoms with Crippen molar-refractivity contribution in [1.29, 1.82) is 0 Å². The van der Waals surface area contributed by atoms with Gasteiger partial charge in [0.2, 0.25) is 5.88 Å². The zero-order valence-corrected chi connectivity index (χ0v) is 26.4. The topological polar surface area (TPSA) is 127 Å². The molecule has 42 heavy (non-hydrogen) atoms. The van der Waals surface area contributed by atoms with Gasteiger partial charge >= 0.3 is 0 Å². The van der Waals surface area contributed by atoms with Gasteiger partial charge in [0, 0.05) is 40.9 Å². The van der Waals surface area contributed by atoms with E-state index in [0.717, 1.165) is 28.1 Å². The van der Waals surface area contributed by atoms with Crippen LogP contribution in [0.5, 0.6) is 11.6 Å². The highest BCUT2D eigenvalue weighted by Gasteiger charge is 2.26. The summed E-state index contributed by atoms with van der Waals surface area (Å²) in [6, 6.07) is 9.37. The first-order valence-electron chi connectivity index (χ1n) is 13.9. The molecule has 0 radical (unpaired) electrons. The highest BCUT2D eigenvalue weighted by molar-refractivity contribution is 8.00. The van der Waals surface area contributed by atoms with Gasteiger partial charge in [0.05, 0.1) is 24.1 Å². The average molecular weight is 613 g/mol. The van der Waals surface area contributed by atoms with Crippen LogP contribution in [0.1, 0.15) is 43.1 Å². The Morgan fingerprint density at radius 2 is 1.98 bits per heavy atom. The summed E-state index contributed by atoms with van der Waals surface area (Å²) in [6.45, 7) is 12.1. The second-order valence-corrected chi connectivity index (χ2v) is 14.2. The molecule has 3 atom stereocenters. The van der Waals surface area contributed by atoms with E-state index < -0.39 is 16.2 Å². The zero-order chi connectivity index (χ0) is 30.6. The number of aliphatic hydroxyl groups excluding tert-OH is 1. The van der Waals surface area contributed by atoms with E-state index in [1.54, 1.807) is 17.1 Å². The van der Waals surface area contributed by atoms with Gasteiger partial charge in [0.25, 0.3) is 0 Å². The molecule has 1 aliphatic carbocycles. The van der Waals surface area contributed by atoms with Crippen LogP contribution in [0.25, 0.3) is 5.69 Å².